The highest BCUT2D eigenvalue weighted by molar-refractivity contribution is 8.13. The molecule has 0 radical (unpaired) electrons. The fraction of sp³-hybridized carbons (Fsp3) is 0.459. The van der Waals surface area contributed by atoms with E-state index in [4.69, 9.17) is 16.6 Å². The number of aliphatic carboxylic acids is 1. The normalized spacial score (nSPS) is 22.5. The van der Waals surface area contributed by atoms with Crippen LogP contribution < -0.4 is 85.9 Å². The molecule has 4 aromatic carbocycles. The summed E-state index contributed by atoms with van der Waals surface area (Å²) in [6.45, 7) is 4.73. The molecule has 2 aliphatic heterocycles. The third-order valence-electron chi connectivity index (χ3n) is 17.7. The van der Waals surface area contributed by atoms with E-state index in [2.05, 4.69) is 74.4 Å². The summed E-state index contributed by atoms with van der Waals surface area (Å²) in [4.78, 5) is 212. The van der Waals surface area contributed by atoms with Crippen molar-refractivity contribution in [2.75, 3.05) is 38.7 Å². The molecule has 0 aliphatic carbocycles. The van der Waals surface area contributed by atoms with Crippen LogP contribution in [0.4, 0.5) is 0 Å². The van der Waals surface area contributed by atoms with Gasteiger partial charge in [-0.05, 0) is 72.2 Å². The Labute approximate surface area is 658 Å². The minimum Gasteiger partial charge on any atom is -0.508 e. The van der Waals surface area contributed by atoms with Crippen LogP contribution >= 0.6 is 11.8 Å². The summed E-state index contributed by atoms with van der Waals surface area (Å²) < 4.78 is 0. The summed E-state index contributed by atoms with van der Waals surface area (Å²) in [5, 5.41) is 101. The molecule has 25 N–H and O–H groups in total. The van der Waals surface area contributed by atoms with E-state index in [1.807, 2.05) is 0 Å². The Balaban J connectivity index is 0.000000411. The third-order valence-corrected chi connectivity index (χ3v) is 18.7. The van der Waals surface area contributed by atoms with E-state index in [1.54, 1.807) is 74.5 Å². The number of hydrogen-bond acceptors (Lipinski definition) is 25. The van der Waals surface area contributed by atoms with Gasteiger partial charge in [0, 0.05) is 38.0 Å². The molecule has 0 bridgehead atoms. The second-order valence-electron chi connectivity index (χ2n) is 27.5. The maximum Gasteiger partial charge on any atom is 0.305 e. The molecule has 2 aliphatic rings. The van der Waals surface area contributed by atoms with Gasteiger partial charge in [-0.1, -0.05) is 124 Å². The molecule has 39 nitrogen and oxygen atoms in total. The number of aromatic hydroxyl groups is 2. The molecule has 4 aromatic rings. The van der Waals surface area contributed by atoms with Crippen LogP contribution in [0.1, 0.15) is 70.2 Å². The minimum absolute atomic E-state index is 0.0143. The van der Waals surface area contributed by atoms with Gasteiger partial charge < -0.3 is 122 Å². The molecule has 114 heavy (non-hydrogen) atoms. The molecule has 2 saturated heterocycles. The summed E-state index contributed by atoms with van der Waals surface area (Å²) in [5.74, 6) is -16.0. The van der Waals surface area contributed by atoms with Crippen LogP contribution in [-0.4, -0.2) is 259 Å². The van der Waals surface area contributed by atoms with Gasteiger partial charge in [0.2, 0.25) is 87.8 Å². The summed E-state index contributed by atoms with van der Waals surface area (Å²) in [6.07, 6.45) is -1.09. The molecule has 2 heterocycles. The van der Waals surface area contributed by atoms with Crippen molar-refractivity contribution in [3.8, 4) is 11.5 Å². The highest BCUT2D eigenvalue weighted by atomic mass is 32.2. The van der Waals surface area contributed by atoms with Crippen molar-refractivity contribution in [3.63, 3.8) is 0 Å². The van der Waals surface area contributed by atoms with E-state index in [0.29, 0.717) is 34.0 Å². The molecule has 2 fully saturated rings. The summed E-state index contributed by atoms with van der Waals surface area (Å²) in [5.41, 5.74) is 13.5. The largest absolute Gasteiger partial charge is 0.508 e. The quantitative estimate of drug-likeness (QED) is 0.0278. The average molecular weight is 1610 g/mol. The lowest BCUT2D eigenvalue weighted by molar-refractivity contribution is -0.140. The van der Waals surface area contributed by atoms with Gasteiger partial charge in [0.05, 0.1) is 38.9 Å². The van der Waals surface area contributed by atoms with Crippen LogP contribution in [-0.2, 0) is 102 Å². The lowest BCUT2D eigenvalue weighted by Crippen LogP contribution is -2.63. The van der Waals surface area contributed by atoms with Crippen molar-refractivity contribution >= 4 is 106 Å². The van der Waals surface area contributed by atoms with Gasteiger partial charge in [-0.3, -0.25) is 76.7 Å². The maximum absolute atomic E-state index is 13.9. The highest BCUT2D eigenvalue weighted by Crippen LogP contribution is 2.19. The SMILES string of the molecule is CC1NC(=O)C(NC(=O)C(NC(=O)C(CO)NC(=O)C(N)CC(=O)O)C(C)C)CNC(=O)C(Cc2ccccc2)NC(=O)C(Cc2ccc(O)cc2)NC(=O)C(CO)NC1=O.CC1NC(=O)C(NC(=O)C(NC(=O)C(N)CO)C(C)C)CSC(=O)C(Cc2ccccc2)NC(=O)C(Cc2ccc(O)cc2)NC(=O)C(CO)NC1=O. The van der Waals surface area contributed by atoms with Crippen molar-refractivity contribution in [2.24, 2.45) is 23.3 Å². The Morgan fingerprint density at radius 3 is 1.18 bits per heavy atom. The molecule has 15 atom stereocenters. The standard InChI is InChI=1S/C39H53N9O13.C35H47N7O10S/c1-19(2)31(48-38(60)29(18-50)47-33(55)24(40)15-30(52)53)39(61)45-27-16-41-34(56)25(13-21-7-5-4-6-8-21)43-35(57)26(14-22-9-11-23(51)12-10-22)44-37(59)28(17-49)46-32(54)20(3)42-36(27)58;1-18(2)28(42-30(47)23(36)15-43)34(51)41-27-17-53-35(52)25(14-20-7-5-4-6-8-20)39-31(48)24(13-21-9-11-22(45)12-10-21)38-32(49)26(16-44)40-29(46)19(3)37-33(27)50/h4-12,19-20,24-29,31,49-51H,13-18,40H2,1-3H3,(H,41,56)(H,42,58)(H,43,57)(H,44,59)(H,45,61)(H,46,54)(H,47,55)(H,48,60)(H,52,53);4-12,18-19,23-28,43-45H,13-17,36H2,1-3H3,(H,37,50)(H,38,49)(H,39,48)(H,40,46)(H,41,51)(H,42,47). The minimum atomic E-state index is -1.67. The van der Waals surface area contributed by atoms with Crippen LogP contribution in [0.3, 0.4) is 0 Å². The van der Waals surface area contributed by atoms with Crippen molar-refractivity contribution in [1.29, 1.82) is 0 Å². The second-order valence-corrected chi connectivity index (χ2v) is 28.5. The second kappa shape index (κ2) is 45.7. The molecule has 15 unspecified atom stereocenters. The molecular weight excluding hydrogens is 1510 g/mol. The van der Waals surface area contributed by atoms with Crippen LogP contribution in [0.5, 0.6) is 11.5 Å². The first-order valence-electron chi connectivity index (χ1n) is 36.2. The van der Waals surface area contributed by atoms with E-state index >= 15 is 0 Å². The number of hydrogen-bond donors (Lipinski definition) is 23. The molecule has 40 heteroatoms. The number of thioether (sulfide) groups is 1. The molecule has 0 spiro atoms. The van der Waals surface area contributed by atoms with E-state index in [9.17, 15) is 107 Å². The first-order valence-corrected chi connectivity index (χ1v) is 37.1. The lowest BCUT2D eigenvalue weighted by atomic mass is 10.0. The number of benzene rings is 4. The van der Waals surface area contributed by atoms with E-state index in [1.165, 1.54) is 76.2 Å². The zero-order chi connectivity index (χ0) is 84.6. The number of amides is 14. The van der Waals surface area contributed by atoms with Gasteiger partial charge in [0.15, 0.2) is 0 Å². The maximum atomic E-state index is 13.9. The summed E-state index contributed by atoms with van der Waals surface area (Å²) >= 11 is 0.633. The summed E-state index contributed by atoms with van der Waals surface area (Å²) in [7, 11) is 0. The zero-order valence-electron chi connectivity index (χ0n) is 63.2. The Morgan fingerprint density at radius 2 is 0.781 bits per heavy atom. The number of rotatable bonds is 26. The Bertz CT molecular complexity index is 4020. The number of phenols is 2. The Morgan fingerprint density at radius 1 is 0.421 bits per heavy atom. The van der Waals surface area contributed by atoms with Crippen molar-refractivity contribution in [3.05, 3.63) is 131 Å². The Kier molecular flexibility index (Phi) is 37.3. The molecule has 0 aromatic heterocycles. The lowest BCUT2D eigenvalue weighted by Gasteiger charge is -2.29. The van der Waals surface area contributed by atoms with E-state index in [0.717, 1.165) is 0 Å². The molecule has 0 saturated carbocycles. The van der Waals surface area contributed by atoms with Gasteiger partial charge in [-0.25, -0.2) is 0 Å². The highest BCUT2D eigenvalue weighted by Gasteiger charge is 2.39. The Hall–Kier alpha value is -11.7. The monoisotopic (exact) mass is 1610 g/mol. The van der Waals surface area contributed by atoms with Crippen molar-refractivity contribution in [2.45, 2.75) is 164 Å². The topological polar surface area (TPSA) is 635 Å². The number of carbonyl (C=O) groups is 16. The third kappa shape index (κ3) is 29.8. The smallest absolute Gasteiger partial charge is 0.305 e. The van der Waals surface area contributed by atoms with Crippen LogP contribution in [0.15, 0.2) is 109 Å². The average Bonchev–Trinajstić information content (AvgIpc) is 0.848. The number of carbonyl (C=O) groups excluding carboxylic acids is 15. The number of carboxylic acids is 1. The van der Waals surface area contributed by atoms with Gasteiger partial charge in [-0.15, -0.1) is 0 Å². The van der Waals surface area contributed by atoms with Crippen LogP contribution in [0.25, 0.3) is 0 Å². The van der Waals surface area contributed by atoms with Gasteiger partial charge >= 0.3 is 5.97 Å². The first kappa shape index (κ1) is 92.9. The molecule has 6 rings (SSSR count). The van der Waals surface area contributed by atoms with E-state index < -0.39 is 236 Å². The fourth-order valence-electron chi connectivity index (χ4n) is 11.0. The predicted molar refractivity (Wildman–Crippen MR) is 407 cm³/mol. The number of aliphatic hydroxyl groups excluding tert-OH is 4. The van der Waals surface area contributed by atoms with Crippen LogP contribution in [0, 0.1) is 11.8 Å². The zero-order valence-corrected chi connectivity index (χ0v) is 64.0. The number of carboxylic acid groups (broad SMARTS) is 1. The number of nitrogens with one attached hydrogen (secondary N) is 14. The fourth-order valence-corrected chi connectivity index (χ4v) is 11.9. The molecular formula is C74H100N16O23S. The predicted octanol–water partition coefficient (Wildman–Crippen LogP) is -7.49. The number of aliphatic hydroxyl groups is 4. The molecule has 14 amide bonds. The molecule has 620 valence electrons. The van der Waals surface area contributed by atoms with E-state index in [-0.39, 0.29) is 42.9 Å². The van der Waals surface area contributed by atoms with Gasteiger partial charge in [0.25, 0.3) is 0 Å². The summed E-state index contributed by atoms with van der Waals surface area (Å²) in [6, 6.07) is 7.40. The van der Waals surface area contributed by atoms with Crippen molar-refractivity contribution < 1.29 is 112 Å². The van der Waals surface area contributed by atoms with Crippen molar-refractivity contribution in [1.82, 2.24) is 74.4 Å². The van der Waals surface area contributed by atoms with Gasteiger partial charge in [-0.2, -0.15) is 0 Å². The van der Waals surface area contributed by atoms with Gasteiger partial charge in [0.1, 0.15) is 96.1 Å². The van der Waals surface area contributed by atoms with Crippen LogP contribution in [0.2, 0.25) is 0 Å². The number of nitrogens with two attached hydrogens (primary N) is 2. The number of phenolic OH excluding ortho intramolecular Hbond substituents is 2. The first-order chi connectivity index (χ1) is 53.9.